The number of methoxy groups -OCH3 is 1. The van der Waals surface area contributed by atoms with Crippen molar-refractivity contribution in [3.63, 3.8) is 0 Å². The fourth-order valence-corrected chi connectivity index (χ4v) is 2.36. The van der Waals surface area contributed by atoms with E-state index in [9.17, 15) is 9.90 Å². The number of carbonyl (C=O) groups is 1. The van der Waals surface area contributed by atoms with Crippen LogP contribution in [0.1, 0.15) is 34.4 Å². The molecule has 0 spiro atoms. The predicted octanol–water partition coefficient (Wildman–Crippen LogP) is 2.54. The summed E-state index contributed by atoms with van der Waals surface area (Å²) in [4.78, 5) is 12.1. The summed E-state index contributed by atoms with van der Waals surface area (Å²) in [6.07, 6.45) is 0. The van der Waals surface area contributed by atoms with Crippen molar-refractivity contribution in [3.8, 4) is 5.75 Å². The zero-order chi connectivity index (χ0) is 16.3. The Morgan fingerprint density at radius 1 is 1.32 bits per heavy atom. The van der Waals surface area contributed by atoms with Crippen molar-refractivity contribution < 1.29 is 19.1 Å². The molecule has 1 unspecified atom stereocenters. The summed E-state index contributed by atoms with van der Waals surface area (Å²) < 4.78 is 10.5. The van der Waals surface area contributed by atoms with Gasteiger partial charge in [-0.3, -0.25) is 4.79 Å². The van der Waals surface area contributed by atoms with Crippen molar-refractivity contribution in [2.24, 2.45) is 0 Å². The molecule has 0 saturated heterocycles. The zero-order valence-electron chi connectivity index (χ0n) is 13.3. The van der Waals surface area contributed by atoms with Crippen molar-refractivity contribution in [1.82, 2.24) is 5.32 Å². The molecular formula is C17H21NO4. The second kappa shape index (κ2) is 6.23. The lowest BCUT2D eigenvalue weighted by molar-refractivity contribution is 0.0514. The van der Waals surface area contributed by atoms with E-state index in [4.69, 9.17) is 9.15 Å². The van der Waals surface area contributed by atoms with E-state index in [1.165, 1.54) is 0 Å². The van der Waals surface area contributed by atoms with Crippen molar-refractivity contribution in [2.45, 2.75) is 26.4 Å². The van der Waals surface area contributed by atoms with Gasteiger partial charge < -0.3 is 19.6 Å². The topological polar surface area (TPSA) is 71.7 Å². The van der Waals surface area contributed by atoms with Gasteiger partial charge in [0.25, 0.3) is 5.91 Å². The molecule has 0 bridgehead atoms. The van der Waals surface area contributed by atoms with E-state index >= 15 is 0 Å². The smallest absolute Gasteiger partial charge is 0.251 e. The van der Waals surface area contributed by atoms with Crippen LogP contribution >= 0.6 is 0 Å². The number of rotatable bonds is 5. The van der Waals surface area contributed by atoms with Crippen LogP contribution in [0.3, 0.4) is 0 Å². The van der Waals surface area contributed by atoms with Crippen molar-refractivity contribution >= 4 is 5.91 Å². The highest BCUT2D eigenvalue weighted by molar-refractivity contribution is 5.94. The molecule has 0 radical (unpaired) electrons. The fraction of sp³-hybridized carbons (Fsp3) is 0.353. The Bertz CT molecular complexity index is 656. The van der Waals surface area contributed by atoms with Gasteiger partial charge in [-0.05, 0) is 51.1 Å². The first-order valence-electron chi connectivity index (χ1n) is 7.05. The van der Waals surface area contributed by atoms with Crippen LogP contribution in [0.5, 0.6) is 5.75 Å². The van der Waals surface area contributed by atoms with Gasteiger partial charge >= 0.3 is 0 Å². The molecule has 0 aliphatic rings. The Kier molecular flexibility index (Phi) is 4.56. The lowest BCUT2D eigenvalue weighted by atomic mass is 9.96. The van der Waals surface area contributed by atoms with Crippen molar-refractivity contribution in [3.05, 3.63) is 53.0 Å². The minimum absolute atomic E-state index is 0.0949. The van der Waals surface area contributed by atoms with Crippen LogP contribution < -0.4 is 10.1 Å². The maximum Gasteiger partial charge on any atom is 0.251 e. The molecule has 0 aliphatic heterocycles. The van der Waals surface area contributed by atoms with Gasteiger partial charge in [-0.1, -0.05) is 0 Å². The van der Waals surface area contributed by atoms with E-state index in [-0.39, 0.29) is 12.5 Å². The fourth-order valence-electron chi connectivity index (χ4n) is 2.36. The number of carbonyl (C=O) groups excluding carboxylic acids is 1. The largest absolute Gasteiger partial charge is 0.497 e. The summed E-state index contributed by atoms with van der Waals surface area (Å²) in [5.74, 6) is 1.82. The molecular weight excluding hydrogens is 282 g/mol. The molecule has 118 valence electrons. The molecule has 22 heavy (non-hydrogen) atoms. The van der Waals surface area contributed by atoms with Crippen LogP contribution in [0.4, 0.5) is 0 Å². The van der Waals surface area contributed by atoms with Gasteiger partial charge in [0.15, 0.2) is 0 Å². The maximum absolute atomic E-state index is 12.1. The molecule has 5 heteroatoms. The normalized spacial score (nSPS) is 13.5. The number of nitrogens with one attached hydrogen (secondary N) is 1. The van der Waals surface area contributed by atoms with E-state index in [0.717, 1.165) is 5.76 Å². The SMILES string of the molecule is COc1ccc(C(=O)NCC(C)(O)c2cc(C)oc2C)cc1. The highest BCUT2D eigenvalue weighted by Gasteiger charge is 2.28. The first kappa shape index (κ1) is 16.1. The van der Waals surface area contributed by atoms with Crippen molar-refractivity contribution in [1.29, 1.82) is 0 Å². The highest BCUT2D eigenvalue weighted by Crippen LogP contribution is 2.26. The van der Waals surface area contributed by atoms with Gasteiger partial charge in [0, 0.05) is 11.1 Å². The van der Waals surface area contributed by atoms with Crippen LogP contribution in [0.2, 0.25) is 0 Å². The molecule has 5 nitrogen and oxygen atoms in total. The summed E-state index contributed by atoms with van der Waals surface area (Å²) >= 11 is 0. The Morgan fingerprint density at radius 2 is 1.95 bits per heavy atom. The van der Waals surface area contributed by atoms with Gasteiger partial charge in [0.05, 0.1) is 13.7 Å². The van der Waals surface area contributed by atoms with Crippen molar-refractivity contribution in [2.75, 3.05) is 13.7 Å². The predicted molar refractivity (Wildman–Crippen MR) is 83.1 cm³/mol. The maximum atomic E-state index is 12.1. The molecule has 1 heterocycles. The Hall–Kier alpha value is -2.27. The minimum atomic E-state index is -1.19. The number of hydrogen-bond donors (Lipinski definition) is 2. The van der Waals surface area contributed by atoms with E-state index in [0.29, 0.717) is 22.6 Å². The quantitative estimate of drug-likeness (QED) is 0.890. The van der Waals surface area contributed by atoms with Gasteiger partial charge in [-0.25, -0.2) is 0 Å². The molecule has 0 saturated carbocycles. The third-order valence-corrected chi connectivity index (χ3v) is 3.57. The van der Waals surface area contributed by atoms with Crippen LogP contribution in [0.15, 0.2) is 34.7 Å². The minimum Gasteiger partial charge on any atom is -0.497 e. The van der Waals surface area contributed by atoms with E-state index in [2.05, 4.69) is 5.32 Å². The monoisotopic (exact) mass is 303 g/mol. The molecule has 1 aromatic carbocycles. The second-order valence-corrected chi connectivity index (χ2v) is 5.51. The number of benzene rings is 1. The molecule has 0 aliphatic carbocycles. The average Bonchev–Trinajstić information content (AvgIpc) is 2.84. The average molecular weight is 303 g/mol. The number of amides is 1. The first-order chi connectivity index (χ1) is 10.3. The number of aryl methyl sites for hydroxylation is 2. The van der Waals surface area contributed by atoms with Crippen LogP contribution in [0.25, 0.3) is 0 Å². The summed E-state index contributed by atoms with van der Waals surface area (Å²) in [5.41, 5.74) is 0.000912. The first-order valence-corrected chi connectivity index (χ1v) is 7.05. The molecule has 0 fully saturated rings. The Morgan fingerprint density at radius 3 is 2.45 bits per heavy atom. The van der Waals surface area contributed by atoms with E-state index in [1.54, 1.807) is 51.3 Å². The standard InChI is InChI=1S/C17H21NO4/c1-11-9-15(12(2)22-11)17(3,20)10-18-16(19)13-5-7-14(21-4)8-6-13/h5-9,20H,10H2,1-4H3,(H,18,19). The Balaban J connectivity index is 2.04. The molecule has 2 aromatic rings. The van der Waals surface area contributed by atoms with Crippen LogP contribution in [0, 0.1) is 13.8 Å². The summed E-state index contributed by atoms with van der Waals surface area (Å²) in [6, 6.07) is 8.58. The number of aliphatic hydroxyl groups is 1. The number of furan rings is 1. The van der Waals surface area contributed by atoms with Crippen LogP contribution in [-0.2, 0) is 5.60 Å². The Labute approximate surface area is 129 Å². The summed E-state index contributed by atoms with van der Waals surface area (Å²) in [7, 11) is 1.57. The third kappa shape index (κ3) is 3.49. The van der Waals surface area contributed by atoms with Crippen LogP contribution in [-0.4, -0.2) is 24.7 Å². The van der Waals surface area contributed by atoms with Gasteiger partial charge in [-0.15, -0.1) is 0 Å². The van der Waals surface area contributed by atoms with Gasteiger partial charge in [0.2, 0.25) is 0 Å². The molecule has 1 amide bonds. The lowest BCUT2D eigenvalue weighted by Gasteiger charge is -2.23. The lowest BCUT2D eigenvalue weighted by Crippen LogP contribution is -2.38. The van der Waals surface area contributed by atoms with E-state index in [1.807, 2.05) is 6.92 Å². The molecule has 1 aromatic heterocycles. The van der Waals surface area contributed by atoms with Gasteiger partial charge in [0.1, 0.15) is 22.9 Å². The zero-order valence-corrected chi connectivity index (χ0v) is 13.3. The number of hydrogen-bond acceptors (Lipinski definition) is 4. The number of ether oxygens (including phenoxy) is 1. The van der Waals surface area contributed by atoms with Gasteiger partial charge in [-0.2, -0.15) is 0 Å². The molecule has 1 atom stereocenters. The molecule has 2 rings (SSSR count). The highest BCUT2D eigenvalue weighted by atomic mass is 16.5. The second-order valence-electron chi connectivity index (χ2n) is 5.51. The molecule has 2 N–H and O–H groups in total. The third-order valence-electron chi connectivity index (χ3n) is 3.57. The summed E-state index contributed by atoms with van der Waals surface area (Å²) in [5, 5.41) is 13.3. The van der Waals surface area contributed by atoms with E-state index < -0.39 is 5.60 Å². The summed E-state index contributed by atoms with van der Waals surface area (Å²) in [6.45, 7) is 5.36.